The zero-order valence-corrected chi connectivity index (χ0v) is 14.8. The summed E-state index contributed by atoms with van der Waals surface area (Å²) >= 11 is 0. The highest BCUT2D eigenvalue weighted by atomic mass is 16.5. The van der Waals surface area contributed by atoms with Gasteiger partial charge in [0.05, 0.1) is 12.2 Å². The average Bonchev–Trinajstić information content (AvgIpc) is 2.79. The van der Waals surface area contributed by atoms with Gasteiger partial charge in [-0.2, -0.15) is 0 Å². The van der Waals surface area contributed by atoms with Crippen molar-refractivity contribution in [2.24, 2.45) is 11.8 Å². The van der Waals surface area contributed by atoms with E-state index in [9.17, 15) is 9.59 Å². The number of nitrogens with one attached hydrogen (secondary N) is 2. The average molecular weight is 320 g/mol. The van der Waals surface area contributed by atoms with Crippen molar-refractivity contribution in [3.63, 3.8) is 0 Å². The molecule has 1 aromatic heterocycles. The smallest absolute Gasteiger partial charge is 0.355 e. The minimum atomic E-state index is -0.410. The van der Waals surface area contributed by atoms with E-state index in [-0.39, 0.29) is 11.9 Å². The number of hydrogen-bond donors (Lipinski definition) is 2. The molecular weight excluding hydrogens is 292 g/mol. The molecule has 5 heteroatoms. The molecule has 128 valence electrons. The lowest BCUT2D eigenvalue weighted by Gasteiger charge is -2.34. The summed E-state index contributed by atoms with van der Waals surface area (Å²) in [7, 11) is 0. The molecule has 0 aromatic carbocycles. The monoisotopic (exact) mass is 320 g/mol. The Morgan fingerprint density at radius 1 is 1.26 bits per heavy atom. The van der Waals surface area contributed by atoms with Gasteiger partial charge in [-0.1, -0.05) is 26.7 Å². The topological polar surface area (TPSA) is 71.2 Å². The number of esters is 1. The third-order valence-electron chi connectivity index (χ3n) is 5.17. The summed E-state index contributed by atoms with van der Waals surface area (Å²) in [5.74, 6) is 0.582. The Kier molecular flexibility index (Phi) is 5.50. The van der Waals surface area contributed by atoms with Gasteiger partial charge in [-0.05, 0) is 44.6 Å². The second-order valence-electron chi connectivity index (χ2n) is 6.69. The Morgan fingerprint density at radius 3 is 2.61 bits per heavy atom. The van der Waals surface area contributed by atoms with Gasteiger partial charge in [0.15, 0.2) is 0 Å². The molecule has 1 heterocycles. The number of carbonyl (C=O) groups excluding carboxylic acids is 2. The minimum absolute atomic E-state index is 0.0993. The van der Waals surface area contributed by atoms with Crippen LogP contribution in [0.3, 0.4) is 0 Å². The summed E-state index contributed by atoms with van der Waals surface area (Å²) in [6.07, 6.45) is 3.39. The molecule has 1 fully saturated rings. The number of rotatable bonds is 4. The van der Waals surface area contributed by atoms with Crippen LogP contribution in [0.2, 0.25) is 0 Å². The molecule has 1 amide bonds. The van der Waals surface area contributed by atoms with Crippen LogP contribution in [0.1, 0.15) is 72.1 Å². The van der Waals surface area contributed by atoms with Gasteiger partial charge in [0.2, 0.25) is 0 Å². The third-order valence-corrected chi connectivity index (χ3v) is 5.17. The van der Waals surface area contributed by atoms with Crippen LogP contribution in [-0.4, -0.2) is 29.5 Å². The van der Waals surface area contributed by atoms with E-state index in [1.165, 1.54) is 6.42 Å². The largest absolute Gasteiger partial charge is 0.461 e. The van der Waals surface area contributed by atoms with Crippen LogP contribution in [0.15, 0.2) is 0 Å². The van der Waals surface area contributed by atoms with E-state index in [1.807, 2.05) is 6.92 Å². The number of aromatic amines is 1. The molecule has 0 radical (unpaired) electrons. The first-order valence-electron chi connectivity index (χ1n) is 8.53. The Labute approximate surface area is 138 Å². The van der Waals surface area contributed by atoms with Crippen LogP contribution in [0, 0.1) is 25.7 Å². The number of aromatic nitrogens is 1. The summed E-state index contributed by atoms with van der Waals surface area (Å²) in [5.41, 5.74) is 2.31. The molecule has 23 heavy (non-hydrogen) atoms. The number of ether oxygens (including phenoxy) is 1. The molecule has 1 aliphatic carbocycles. The fourth-order valence-corrected chi connectivity index (χ4v) is 3.52. The highest BCUT2D eigenvalue weighted by Gasteiger charge is 2.30. The normalized spacial score (nSPS) is 24.3. The Morgan fingerprint density at radius 2 is 1.96 bits per heavy atom. The fourth-order valence-electron chi connectivity index (χ4n) is 3.52. The van der Waals surface area contributed by atoms with Crippen LogP contribution in [-0.2, 0) is 4.74 Å². The first-order chi connectivity index (χ1) is 10.9. The van der Waals surface area contributed by atoms with E-state index in [2.05, 4.69) is 24.1 Å². The molecule has 1 aromatic rings. The van der Waals surface area contributed by atoms with E-state index in [0.29, 0.717) is 41.0 Å². The minimum Gasteiger partial charge on any atom is -0.461 e. The molecule has 0 unspecified atom stereocenters. The summed E-state index contributed by atoms with van der Waals surface area (Å²) in [6.45, 7) is 10.1. The molecule has 3 atom stereocenters. The van der Waals surface area contributed by atoms with Crippen molar-refractivity contribution in [2.75, 3.05) is 6.61 Å². The lowest BCUT2D eigenvalue weighted by atomic mass is 9.78. The van der Waals surface area contributed by atoms with Gasteiger partial charge in [0.25, 0.3) is 5.91 Å². The molecule has 2 N–H and O–H groups in total. The van der Waals surface area contributed by atoms with Crippen LogP contribution in [0.25, 0.3) is 0 Å². The summed E-state index contributed by atoms with van der Waals surface area (Å²) in [5, 5.41) is 3.17. The first-order valence-corrected chi connectivity index (χ1v) is 8.53. The quantitative estimate of drug-likeness (QED) is 0.836. The van der Waals surface area contributed by atoms with Crippen molar-refractivity contribution in [3.8, 4) is 0 Å². The van der Waals surface area contributed by atoms with Crippen molar-refractivity contribution in [2.45, 2.75) is 59.9 Å². The highest BCUT2D eigenvalue weighted by molar-refractivity contribution is 6.01. The van der Waals surface area contributed by atoms with Crippen molar-refractivity contribution < 1.29 is 14.3 Å². The van der Waals surface area contributed by atoms with E-state index < -0.39 is 5.97 Å². The number of amides is 1. The maximum atomic E-state index is 12.7. The zero-order chi connectivity index (χ0) is 17.1. The van der Waals surface area contributed by atoms with Crippen molar-refractivity contribution in [1.82, 2.24) is 10.3 Å². The Balaban J connectivity index is 2.18. The number of aryl methyl sites for hydroxylation is 1. The SMILES string of the molecule is CCOC(=O)c1[nH]c(C)c(C(=O)N[C@@H]2CCC[C@@H](C)[C@@H]2C)c1C. The molecule has 2 rings (SSSR count). The highest BCUT2D eigenvalue weighted by Crippen LogP contribution is 2.30. The molecule has 0 spiro atoms. The molecule has 1 aliphatic rings. The Bertz CT molecular complexity index is 591. The second kappa shape index (κ2) is 7.20. The predicted molar refractivity (Wildman–Crippen MR) is 89.7 cm³/mol. The number of H-pyrrole nitrogens is 1. The van der Waals surface area contributed by atoms with E-state index in [1.54, 1.807) is 13.8 Å². The van der Waals surface area contributed by atoms with Gasteiger partial charge in [-0.25, -0.2) is 4.79 Å². The molecule has 5 nitrogen and oxygen atoms in total. The van der Waals surface area contributed by atoms with Gasteiger partial charge in [0.1, 0.15) is 5.69 Å². The summed E-state index contributed by atoms with van der Waals surface area (Å²) < 4.78 is 5.04. The van der Waals surface area contributed by atoms with E-state index >= 15 is 0 Å². The first kappa shape index (κ1) is 17.6. The van der Waals surface area contributed by atoms with Gasteiger partial charge in [0, 0.05) is 11.7 Å². The van der Waals surface area contributed by atoms with Crippen molar-refractivity contribution >= 4 is 11.9 Å². The number of carbonyl (C=O) groups is 2. The third kappa shape index (κ3) is 3.59. The fraction of sp³-hybridized carbons (Fsp3) is 0.667. The van der Waals surface area contributed by atoms with Crippen LogP contribution >= 0.6 is 0 Å². The second-order valence-corrected chi connectivity index (χ2v) is 6.69. The zero-order valence-electron chi connectivity index (χ0n) is 14.8. The van der Waals surface area contributed by atoms with Crippen LogP contribution < -0.4 is 5.32 Å². The molecule has 1 saturated carbocycles. The summed E-state index contributed by atoms with van der Waals surface area (Å²) in [6, 6.07) is 0.200. The molecule has 0 aliphatic heterocycles. The standard InChI is InChI=1S/C18H28N2O3/c1-6-23-18(22)16-12(4)15(13(5)19-16)17(21)20-14-9-7-8-10(2)11(14)3/h10-11,14,19H,6-9H2,1-5H3,(H,20,21)/t10-,11+,14-/m1/s1. The van der Waals surface area contributed by atoms with E-state index in [4.69, 9.17) is 4.74 Å². The predicted octanol–water partition coefficient (Wildman–Crippen LogP) is 3.36. The molecule has 0 bridgehead atoms. The number of hydrogen-bond acceptors (Lipinski definition) is 3. The van der Waals surface area contributed by atoms with Gasteiger partial charge < -0.3 is 15.0 Å². The Hall–Kier alpha value is -1.78. The van der Waals surface area contributed by atoms with E-state index in [0.717, 1.165) is 12.8 Å². The lowest BCUT2D eigenvalue weighted by Crippen LogP contribution is -2.43. The maximum Gasteiger partial charge on any atom is 0.355 e. The summed E-state index contributed by atoms with van der Waals surface area (Å²) in [4.78, 5) is 27.7. The van der Waals surface area contributed by atoms with Crippen LogP contribution in [0.5, 0.6) is 0 Å². The van der Waals surface area contributed by atoms with Crippen LogP contribution in [0.4, 0.5) is 0 Å². The van der Waals surface area contributed by atoms with Gasteiger partial charge in [-0.3, -0.25) is 4.79 Å². The maximum absolute atomic E-state index is 12.7. The van der Waals surface area contributed by atoms with Gasteiger partial charge >= 0.3 is 5.97 Å². The lowest BCUT2D eigenvalue weighted by molar-refractivity contribution is 0.0519. The molecular formula is C18H28N2O3. The van der Waals surface area contributed by atoms with Crippen molar-refractivity contribution in [1.29, 1.82) is 0 Å². The van der Waals surface area contributed by atoms with Crippen molar-refractivity contribution in [3.05, 3.63) is 22.5 Å². The van der Waals surface area contributed by atoms with Gasteiger partial charge in [-0.15, -0.1) is 0 Å². The molecule has 0 saturated heterocycles.